The highest BCUT2D eigenvalue weighted by Crippen LogP contribution is 2.40. The molecule has 1 heterocycles. The summed E-state index contributed by atoms with van der Waals surface area (Å²) in [5.41, 5.74) is 0.0721. The van der Waals surface area contributed by atoms with Gasteiger partial charge in [-0.15, -0.1) is 0 Å². The first-order chi connectivity index (χ1) is 12.4. The van der Waals surface area contributed by atoms with Crippen LogP contribution in [0.5, 0.6) is 11.5 Å². The lowest BCUT2D eigenvalue weighted by molar-refractivity contribution is -0.167. The molecule has 7 nitrogen and oxygen atoms in total. The van der Waals surface area contributed by atoms with E-state index >= 15 is 0 Å². The van der Waals surface area contributed by atoms with Gasteiger partial charge < -0.3 is 24.1 Å². The van der Waals surface area contributed by atoms with Crippen LogP contribution in [-0.4, -0.2) is 41.1 Å². The predicted molar refractivity (Wildman–Crippen MR) is 97.5 cm³/mol. The smallest absolute Gasteiger partial charge is 0.312 e. The molecule has 0 aromatic heterocycles. The molecule has 0 aliphatic carbocycles. The van der Waals surface area contributed by atoms with Crippen LogP contribution in [0.2, 0.25) is 0 Å². The molecule has 0 saturated heterocycles. The Labute approximate surface area is 159 Å². The molecule has 0 fully saturated rings. The molecule has 0 radical (unpaired) electrons. The van der Waals surface area contributed by atoms with Crippen molar-refractivity contribution in [2.75, 3.05) is 6.61 Å². The van der Waals surface area contributed by atoms with Gasteiger partial charge in [-0.25, -0.2) is 0 Å². The van der Waals surface area contributed by atoms with Crippen molar-refractivity contribution in [1.29, 1.82) is 0 Å². The Kier molecular flexibility index (Phi) is 6.04. The van der Waals surface area contributed by atoms with E-state index in [0.717, 1.165) is 5.56 Å². The van der Waals surface area contributed by atoms with Crippen LogP contribution in [0.15, 0.2) is 18.2 Å². The van der Waals surface area contributed by atoms with Crippen molar-refractivity contribution in [2.24, 2.45) is 5.92 Å². The molecule has 1 aromatic rings. The lowest BCUT2D eigenvalue weighted by Gasteiger charge is -2.26. The molecule has 27 heavy (non-hydrogen) atoms. The van der Waals surface area contributed by atoms with E-state index in [0.29, 0.717) is 11.5 Å². The summed E-state index contributed by atoms with van der Waals surface area (Å²) in [6, 6.07) is 5.35. The lowest BCUT2D eigenvalue weighted by Crippen LogP contribution is -2.38. The summed E-state index contributed by atoms with van der Waals surface area (Å²) in [5.74, 6) is -1.52. The van der Waals surface area contributed by atoms with Gasteiger partial charge >= 0.3 is 11.9 Å². The van der Waals surface area contributed by atoms with Gasteiger partial charge in [0.05, 0.1) is 5.92 Å². The Morgan fingerprint density at radius 3 is 2.41 bits per heavy atom. The number of fused-ring (bicyclic) bond motifs is 1. The van der Waals surface area contributed by atoms with Crippen molar-refractivity contribution in [3.63, 3.8) is 0 Å². The number of aliphatic hydroxyl groups is 1. The highest BCUT2D eigenvalue weighted by Gasteiger charge is 2.34. The second kappa shape index (κ2) is 7.76. The number of hydrogen-bond donors (Lipinski definition) is 1. The molecule has 0 spiro atoms. The maximum Gasteiger partial charge on any atom is 0.312 e. The number of benzene rings is 1. The Morgan fingerprint density at radius 1 is 1.19 bits per heavy atom. The molecule has 2 atom stereocenters. The summed E-state index contributed by atoms with van der Waals surface area (Å²) in [5, 5.41) is 10.4. The zero-order valence-corrected chi connectivity index (χ0v) is 16.7. The van der Waals surface area contributed by atoms with Gasteiger partial charge in [0.1, 0.15) is 18.3 Å². The van der Waals surface area contributed by atoms with Crippen molar-refractivity contribution in [1.82, 2.24) is 0 Å². The van der Waals surface area contributed by atoms with Crippen molar-refractivity contribution in [3.8, 4) is 11.5 Å². The first-order valence-electron chi connectivity index (χ1n) is 8.91. The number of ether oxygens (including phenoxy) is 4. The van der Waals surface area contributed by atoms with E-state index in [1.165, 1.54) is 6.92 Å². The number of aliphatic hydroxyl groups excluding tert-OH is 1. The molecular weight excluding hydrogens is 352 g/mol. The topological polar surface area (TPSA) is 91.3 Å². The minimum atomic E-state index is -1.19. The molecular formula is C20H28O7. The maximum absolute atomic E-state index is 12.6. The van der Waals surface area contributed by atoms with Gasteiger partial charge in [-0.3, -0.25) is 9.59 Å². The second-order valence-corrected chi connectivity index (χ2v) is 8.10. The van der Waals surface area contributed by atoms with Crippen LogP contribution in [0.4, 0.5) is 0 Å². The van der Waals surface area contributed by atoms with Gasteiger partial charge in [-0.1, -0.05) is 6.07 Å². The summed E-state index contributed by atoms with van der Waals surface area (Å²) in [7, 11) is 0. The highest BCUT2D eigenvalue weighted by molar-refractivity contribution is 5.74. The Morgan fingerprint density at radius 2 is 1.81 bits per heavy atom. The molecule has 2 rings (SSSR count). The molecule has 7 heteroatoms. The molecule has 0 amide bonds. The third-order valence-electron chi connectivity index (χ3n) is 3.81. The number of esters is 2. The minimum absolute atomic E-state index is 0.203. The predicted octanol–water partition coefficient (Wildman–Crippen LogP) is 2.62. The fourth-order valence-electron chi connectivity index (χ4n) is 2.72. The van der Waals surface area contributed by atoms with Gasteiger partial charge in [0.15, 0.2) is 11.5 Å². The Hall–Kier alpha value is -2.28. The van der Waals surface area contributed by atoms with Gasteiger partial charge in [-0.2, -0.15) is 0 Å². The van der Waals surface area contributed by atoms with Crippen LogP contribution in [0.3, 0.4) is 0 Å². The summed E-state index contributed by atoms with van der Waals surface area (Å²) < 4.78 is 21.7. The third-order valence-corrected chi connectivity index (χ3v) is 3.81. The SMILES string of the molecule is CC(=O)OCC(O)C(Cc1ccc2c(c1)OC(C)(C)O2)C(=O)OC(C)(C)C. The second-order valence-electron chi connectivity index (χ2n) is 8.10. The van der Waals surface area contributed by atoms with Crippen LogP contribution in [0.25, 0.3) is 0 Å². The van der Waals surface area contributed by atoms with Gasteiger partial charge in [0.25, 0.3) is 0 Å². The zero-order valence-electron chi connectivity index (χ0n) is 16.7. The number of rotatable bonds is 6. The van der Waals surface area contributed by atoms with Gasteiger partial charge in [0.2, 0.25) is 5.79 Å². The van der Waals surface area contributed by atoms with Crippen molar-refractivity contribution >= 4 is 11.9 Å². The quantitative estimate of drug-likeness (QED) is 0.759. The third kappa shape index (κ3) is 6.13. The van der Waals surface area contributed by atoms with E-state index in [1.54, 1.807) is 52.8 Å². The molecule has 0 saturated carbocycles. The minimum Gasteiger partial charge on any atom is -0.463 e. The molecule has 1 aliphatic heterocycles. The molecule has 2 unspecified atom stereocenters. The Bertz CT molecular complexity index is 703. The molecule has 0 bridgehead atoms. The standard InChI is InChI=1S/C20H28O7/c1-12(21)24-11-15(22)14(18(23)27-19(2,3)4)9-13-7-8-16-17(10-13)26-20(5,6)25-16/h7-8,10,14-15,22H,9,11H2,1-6H3. The molecule has 1 aliphatic rings. The largest absolute Gasteiger partial charge is 0.463 e. The van der Waals surface area contributed by atoms with Gasteiger partial charge in [-0.05, 0) is 44.9 Å². The highest BCUT2D eigenvalue weighted by atomic mass is 16.7. The fourth-order valence-corrected chi connectivity index (χ4v) is 2.72. The summed E-state index contributed by atoms with van der Waals surface area (Å²) >= 11 is 0. The van der Waals surface area contributed by atoms with E-state index < -0.39 is 35.3 Å². The maximum atomic E-state index is 12.6. The first-order valence-corrected chi connectivity index (χ1v) is 8.91. The zero-order chi connectivity index (χ0) is 20.4. The van der Waals surface area contributed by atoms with Crippen molar-refractivity contribution in [2.45, 2.75) is 65.5 Å². The van der Waals surface area contributed by atoms with Crippen LogP contribution >= 0.6 is 0 Å². The summed E-state index contributed by atoms with van der Waals surface area (Å²) in [6.07, 6.45) is -0.986. The van der Waals surface area contributed by atoms with Crippen molar-refractivity contribution in [3.05, 3.63) is 23.8 Å². The first kappa shape index (κ1) is 21.0. The summed E-state index contributed by atoms with van der Waals surface area (Å²) in [4.78, 5) is 23.6. The Balaban J connectivity index is 2.18. The number of carbonyl (C=O) groups is 2. The van der Waals surface area contributed by atoms with E-state index in [1.807, 2.05) is 0 Å². The summed E-state index contributed by atoms with van der Waals surface area (Å²) in [6.45, 7) is 9.83. The fraction of sp³-hybridized carbons (Fsp3) is 0.600. The monoisotopic (exact) mass is 380 g/mol. The molecule has 1 N–H and O–H groups in total. The van der Waals surface area contributed by atoms with E-state index in [4.69, 9.17) is 18.9 Å². The van der Waals surface area contributed by atoms with E-state index in [2.05, 4.69) is 0 Å². The van der Waals surface area contributed by atoms with E-state index in [-0.39, 0.29) is 13.0 Å². The van der Waals surface area contributed by atoms with Crippen LogP contribution < -0.4 is 9.47 Å². The number of hydrogen-bond acceptors (Lipinski definition) is 7. The van der Waals surface area contributed by atoms with Gasteiger partial charge in [0, 0.05) is 20.8 Å². The molecule has 150 valence electrons. The van der Waals surface area contributed by atoms with Crippen molar-refractivity contribution < 1.29 is 33.6 Å². The van der Waals surface area contributed by atoms with E-state index in [9.17, 15) is 14.7 Å². The number of carbonyl (C=O) groups excluding carboxylic acids is 2. The molecule has 1 aromatic carbocycles. The lowest BCUT2D eigenvalue weighted by atomic mass is 9.93. The van der Waals surface area contributed by atoms with Crippen LogP contribution in [-0.2, 0) is 25.5 Å². The average molecular weight is 380 g/mol. The van der Waals surface area contributed by atoms with Crippen LogP contribution in [0.1, 0.15) is 47.1 Å². The average Bonchev–Trinajstić information content (AvgIpc) is 2.81. The van der Waals surface area contributed by atoms with Crippen LogP contribution in [0, 0.1) is 5.92 Å². The normalized spacial score (nSPS) is 17.1.